The second-order valence-corrected chi connectivity index (χ2v) is 4.28. The maximum atomic E-state index is 5.95. The molecule has 0 saturated heterocycles. The van der Waals surface area contributed by atoms with Crippen molar-refractivity contribution in [2.45, 2.75) is 18.4 Å². The first-order valence-electron chi connectivity index (χ1n) is 5.10. The molecular weight excluding hydrogens is 184 g/mol. The molecule has 0 amide bonds. The molecule has 4 N–H and O–H groups in total. The molecule has 1 aromatic rings. The summed E-state index contributed by atoms with van der Waals surface area (Å²) in [6.45, 7) is 1.99. The fraction of sp³-hybridized carbons (Fsp3) is 0.231. The summed E-state index contributed by atoms with van der Waals surface area (Å²) in [5.41, 5.74) is 13.3. The van der Waals surface area contributed by atoms with Crippen molar-refractivity contribution >= 4 is 5.69 Å². The molecule has 1 aliphatic carbocycles. The molecule has 2 nitrogen and oxygen atoms in total. The zero-order valence-corrected chi connectivity index (χ0v) is 8.85. The van der Waals surface area contributed by atoms with Crippen LogP contribution in [0, 0.1) is 0 Å². The van der Waals surface area contributed by atoms with Crippen LogP contribution in [0.25, 0.3) is 0 Å². The third kappa shape index (κ3) is 2.28. The van der Waals surface area contributed by atoms with Crippen LogP contribution >= 0.6 is 0 Å². The Morgan fingerprint density at radius 1 is 1.07 bits per heavy atom. The van der Waals surface area contributed by atoms with Crippen LogP contribution in [0.3, 0.4) is 0 Å². The monoisotopic (exact) mass is 200 g/mol. The Morgan fingerprint density at radius 2 is 1.60 bits per heavy atom. The fourth-order valence-corrected chi connectivity index (χ4v) is 1.68. The lowest BCUT2D eigenvalue weighted by Gasteiger charge is -2.22. The van der Waals surface area contributed by atoms with E-state index in [0.29, 0.717) is 5.92 Å². The molecule has 78 valence electrons. The molecular formula is C13H16N2. The van der Waals surface area contributed by atoms with E-state index in [0.717, 1.165) is 5.69 Å². The number of nitrogen functional groups attached to an aromatic ring is 1. The van der Waals surface area contributed by atoms with Gasteiger partial charge in [-0.2, -0.15) is 0 Å². The lowest BCUT2D eigenvalue weighted by atomic mass is 9.88. The Balaban J connectivity index is 2.21. The highest BCUT2D eigenvalue weighted by molar-refractivity contribution is 5.43. The van der Waals surface area contributed by atoms with Crippen LogP contribution in [0.4, 0.5) is 5.69 Å². The Bertz CT molecular complexity index is 383. The zero-order valence-electron chi connectivity index (χ0n) is 8.85. The molecule has 0 aliphatic heterocycles. The van der Waals surface area contributed by atoms with Crippen molar-refractivity contribution in [2.75, 3.05) is 5.73 Å². The number of nitrogens with two attached hydrogens (primary N) is 2. The van der Waals surface area contributed by atoms with Crippen LogP contribution in [0.2, 0.25) is 0 Å². The molecule has 1 aliphatic rings. The van der Waals surface area contributed by atoms with Gasteiger partial charge in [-0.1, -0.05) is 36.4 Å². The van der Waals surface area contributed by atoms with Gasteiger partial charge in [-0.25, -0.2) is 0 Å². The standard InChI is InChI=1S/C13H16N2/c1-13(15)8-6-11(7-9-13)10-2-4-12(14)5-3-10/h2-9,11H,14-15H2,1H3. The number of rotatable bonds is 1. The minimum absolute atomic E-state index is 0.301. The average molecular weight is 200 g/mol. The molecule has 0 radical (unpaired) electrons. The maximum absolute atomic E-state index is 5.95. The van der Waals surface area contributed by atoms with Gasteiger partial charge in [0, 0.05) is 17.1 Å². The van der Waals surface area contributed by atoms with Crippen molar-refractivity contribution in [3.8, 4) is 0 Å². The van der Waals surface area contributed by atoms with E-state index in [9.17, 15) is 0 Å². The van der Waals surface area contributed by atoms with Crippen LogP contribution in [0.5, 0.6) is 0 Å². The second-order valence-electron chi connectivity index (χ2n) is 4.28. The third-order valence-corrected chi connectivity index (χ3v) is 2.65. The van der Waals surface area contributed by atoms with E-state index in [1.54, 1.807) is 0 Å². The quantitative estimate of drug-likeness (QED) is 0.539. The number of hydrogen-bond donors (Lipinski definition) is 2. The lowest BCUT2D eigenvalue weighted by molar-refractivity contribution is 0.712. The predicted molar refractivity (Wildman–Crippen MR) is 64.5 cm³/mol. The van der Waals surface area contributed by atoms with Gasteiger partial charge < -0.3 is 11.5 Å². The van der Waals surface area contributed by atoms with Crippen molar-refractivity contribution in [1.29, 1.82) is 0 Å². The van der Waals surface area contributed by atoms with Crippen molar-refractivity contribution in [3.05, 3.63) is 54.1 Å². The molecule has 15 heavy (non-hydrogen) atoms. The van der Waals surface area contributed by atoms with Crippen molar-refractivity contribution in [3.63, 3.8) is 0 Å². The number of benzene rings is 1. The normalized spacial score (nSPS) is 29.3. The number of allylic oxidation sites excluding steroid dienone is 2. The molecule has 1 aromatic carbocycles. The van der Waals surface area contributed by atoms with Crippen LogP contribution in [0.1, 0.15) is 18.4 Å². The summed E-state index contributed by atoms with van der Waals surface area (Å²) in [7, 11) is 0. The van der Waals surface area contributed by atoms with Crippen LogP contribution in [0.15, 0.2) is 48.6 Å². The topological polar surface area (TPSA) is 52.0 Å². The summed E-state index contributed by atoms with van der Waals surface area (Å²) in [6.07, 6.45) is 8.33. The molecule has 0 atom stereocenters. The highest BCUT2D eigenvalue weighted by Gasteiger charge is 2.16. The second kappa shape index (κ2) is 3.55. The summed E-state index contributed by atoms with van der Waals surface area (Å²) in [6, 6.07) is 7.95. The smallest absolute Gasteiger partial charge is 0.0496 e. The first-order chi connectivity index (χ1) is 7.07. The SMILES string of the molecule is CC1(N)C=CC(c2ccc(N)cc2)C=C1. The average Bonchev–Trinajstić information content (AvgIpc) is 2.20. The van der Waals surface area contributed by atoms with E-state index < -0.39 is 0 Å². The van der Waals surface area contributed by atoms with Gasteiger partial charge in [-0.15, -0.1) is 0 Å². The van der Waals surface area contributed by atoms with Gasteiger partial charge in [-0.05, 0) is 24.6 Å². The van der Waals surface area contributed by atoms with Crippen LogP contribution in [-0.2, 0) is 0 Å². The van der Waals surface area contributed by atoms with E-state index in [4.69, 9.17) is 11.5 Å². The Morgan fingerprint density at radius 3 is 2.13 bits per heavy atom. The van der Waals surface area contributed by atoms with Crippen LogP contribution < -0.4 is 11.5 Å². The van der Waals surface area contributed by atoms with Gasteiger partial charge in [0.25, 0.3) is 0 Å². The minimum atomic E-state index is -0.301. The molecule has 0 saturated carbocycles. The molecule has 0 spiro atoms. The third-order valence-electron chi connectivity index (χ3n) is 2.65. The van der Waals surface area contributed by atoms with Crippen molar-refractivity contribution in [1.82, 2.24) is 0 Å². The summed E-state index contributed by atoms with van der Waals surface area (Å²) < 4.78 is 0. The van der Waals surface area contributed by atoms with Gasteiger partial charge in [0.15, 0.2) is 0 Å². The van der Waals surface area contributed by atoms with Gasteiger partial charge >= 0.3 is 0 Å². The van der Waals surface area contributed by atoms with Gasteiger partial charge in [0.2, 0.25) is 0 Å². The molecule has 2 rings (SSSR count). The minimum Gasteiger partial charge on any atom is -0.399 e. The molecule has 0 fully saturated rings. The fourth-order valence-electron chi connectivity index (χ4n) is 1.68. The summed E-state index contributed by atoms with van der Waals surface area (Å²) >= 11 is 0. The Kier molecular flexibility index (Phi) is 2.37. The Labute approximate surface area is 90.3 Å². The van der Waals surface area contributed by atoms with E-state index in [1.165, 1.54) is 5.56 Å². The molecule has 0 heterocycles. The van der Waals surface area contributed by atoms with E-state index >= 15 is 0 Å². The summed E-state index contributed by atoms with van der Waals surface area (Å²) in [5, 5.41) is 0. The molecule has 2 heteroatoms. The van der Waals surface area contributed by atoms with Gasteiger partial charge in [-0.3, -0.25) is 0 Å². The molecule has 0 bridgehead atoms. The predicted octanol–water partition coefficient (Wildman–Crippen LogP) is 2.20. The van der Waals surface area contributed by atoms with E-state index in [-0.39, 0.29) is 5.54 Å². The van der Waals surface area contributed by atoms with Crippen molar-refractivity contribution in [2.24, 2.45) is 5.73 Å². The van der Waals surface area contributed by atoms with E-state index in [1.807, 2.05) is 43.3 Å². The largest absolute Gasteiger partial charge is 0.399 e. The van der Waals surface area contributed by atoms with Gasteiger partial charge in [0.05, 0.1) is 0 Å². The number of anilines is 1. The summed E-state index contributed by atoms with van der Waals surface area (Å²) in [4.78, 5) is 0. The first-order valence-corrected chi connectivity index (χ1v) is 5.10. The highest BCUT2D eigenvalue weighted by atomic mass is 14.7. The van der Waals surface area contributed by atoms with E-state index in [2.05, 4.69) is 12.2 Å². The number of hydrogen-bond acceptors (Lipinski definition) is 2. The first kappa shape index (κ1) is 9.99. The highest BCUT2D eigenvalue weighted by Crippen LogP contribution is 2.25. The Hall–Kier alpha value is -1.54. The van der Waals surface area contributed by atoms with Crippen molar-refractivity contribution < 1.29 is 0 Å². The zero-order chi connectivity index (χ0) is 10.9. The van der Waals surface area contributed by atoms with Gasteiger partial charge in [0.1, 0.15) is 0 Å². The summed E-state index contributed by atoms with van der Waals surface area (Å²) in [5.74, 6) is 0.322. The molecule has 0 unspecified atom stereocenters. The molecule has 0 aromatic heterocycles. The lowest BCUT2D eigenvalue weighted by Crippen LogP contribution is -2.32. The van der Waals surface area contributed by atoms with Crippen LogP contribution in [-0.4, -0.2) is 5.54 Å². The maximum Gasteiger partial charge on any atom is 0.0496 e.